The predicted octanol–water partition coefficient (Wildman–Crippen LogP) is 2.56. The van der Waals surface area contributed by atoms with Crippen LogP contribution in [0.5, 0.6) is 11.5 Å². The van der Waals surface area contributed by atoms with Gasteiger partial charge in [0.25, 0.3) is 5.91 Å². The number of amides is 1. The van der Waals surface area contributed by atoms with E-state index in [0.29, 0.717) is 30.0 Å². The van der Waals surface area contributed by atoms with Gasteiger partial charge in [0.2, 0.25) is 0 Å². The largest absolute Gasteiger partial charge is 0.497 e. The summed E-state index contributed by atoms with van der Waals surface area (Å²) in [5, 5.41) is 8.90. The Labute approximate surface area is 136 Å². The van der Waals surface area contributed by atoms with Crippen molar-refractivity contribution in [3.8, 4) is 11.5 Å². The second kappa shape index (κ2) is 7.85. The highest BCUT2D eigenvalue weighted by Crippen LogP contribution is 2.29. The third kappa shape index (κ3) is 4.15. The lowest BCUT2D eigenvalue weighted by atomic mass is 9.96. The number of methoxy groups -OCH3 is 2. The highest BCUT2D eigenvalue weighted by atomic mass is 16.5. The van der Waals surface area contributed by atoms with Crippen LogP contribution in [0.4, 0.5) is 0 Å². The molecule has 0 aromatic heterocycles. The predicted molar refractivity (Wildman–Crippen MR) is 85.1 cm³/mol. The summed E-state index contributed by atoms with van der Waals surface area (Å²) in [5.41, 5.74) is 0.453. The SMILES string of the molecule is COc1ccc(OC)c(C(=O)N2CCCCC2CCC(=O)O)c1. The zero-order valence-electron chi connectivity index (χ0n) is 13.6. The number of likely N-dealkylation sites (tertiary alicyclic amines) is 1. The number of carbonyl (C=O) groups is 2. The highest BCUT2D eigenvalue weighted by molar-refractivity contribution is 5.97. The molecule has 1 heterocycles. The minimum atomic E-state index is -0.832. The van der Waals surface area contributed by atoms with Crippen LogP contribution in [-0.4, -0.2) is 48.7 Å². The molecule has 0 spiro atoms. The molecule has 6 heteroatoms. The first-order valence-corrected chi connectivity index (χ1v) is 7.81. The van der Waals surface area contributed by atoms with E-state index in [1.165, 1.54) is 7.11 Å². The Morgan fingerprint density at radius 2 is 2.04 bits per heavy atom. The van der Waals surface area contributed by atoms with Gasteiger partial charge in [-0.25, -0.2) is 0 Å². The summed E-state index contributed by atoms with van der Waals surface area (Å²) in [7, 11) is 3.07. The molecule has 1 aromatic rings. The van der Waals surface area contributed by atoms with Crippen molar-refractivity contribution >= 4 is 11.9 Å². The number of hydrogen-bond acceptors (Lipinski definition) is 4. The van der Waals surface area contributed by atoms with Gasteiger partial charge in [-0.05, 0) is 43.9 Å². The number of carboxylic acid groups (broad SMARTS) is 1. The van der Waals surface area contributed by atoms with Gasteiger partial charge in [0.15, 0.2) is 0 Å². The van der Waals surface area contributed by atoms with E-state index in [1.54, 1.807) is 30.2 Å². The lowest BCUT2D eigenvalue weighted by Crippen LogP contribution is -2.44. The number of piperidine rings is 1. The Morgan fingerprint density at radius 1 is 1.26 bits per heavy atom. The molecule has 0 radical (unpaired) electrons. The summed E-state index contributed by atoms with van der Waals surface area (Å²) in [6, 6.07) is 5.09. The van der Waals surface area contributed by atoms with E-state index in [2.05, 4.69) is 0 Å². The third-order valence-electron chi connectivity index (χ3n) is 4.22. The normalized spacial score (nSPS) is 17.7. The van der Waals surface area contributed by atoms with Gasteiger partial charge in [-0.15, -0.1) is 0 Å². The second-order valence-corrected chi connectivity index (χ2v) is 5.65. The Morgan fingerprint density at radius 3 is 2.70 bits per heavy atom. The maximum atomic E-state index is 12.9. The van der Waals surface area contributed by atoms with Crippen LogP contribution < -0.4 is 9.47 Å². The summed E-state index contributed by atoms with van der Waals surface area (Å²) < 4.78 is 10.5. The molecule has 23 heavy (non-hydrogen) atoms. The summed E-state index contributed by atoms with van der Waals surface area (Å²) in [4.78, 5) is 25.6. The topological polar surface area (TPSA) is 76.1 Å². The number of benzene rings is 1. The summed E-state index contributed by atoms with van der Waals surface area (Å²) in [6.45, 7) is 0.642. The van der Waals surface area contributed by atoms with Gasteiger partial charge in [-0.2, -0.15) is 0 Å². The summed E-state index contributed by atoms with van der Waals surface area (Å²) in [5.74, 6) is 0.129. The molecule has 1 atom stereocenters. The number of rotatable bonds is 6. The smallest absolute Gasteiger partial charge is 0.303 e. The average Bonchev–Trinajstić information content (AvgIpc) is 2.58. The molecule has 2 rings (SSSR count). The molecule has 0 aliphatic carbocycles. The van der Waals surface area contributed by atoms with Gasteiger partial charge >= 0.3 is 5.97 Å². The Kier molecular flexibility index (Phi) is 5.84. The Balaban J connectivity index is 2.23. The molecule has 6 nitrogen and oxygen atoms in total. The van der Waals surface area contributed by atoms with Crippen molar-refractivity contribution in [3.63, 3.8) is 0 Å². The molecule has 0 saturated carbocycles. The van der Waals surface area contributed by atoms with E-state index in [0.717, 1.165) is 19.3 Å². The van der Waals surface area contributed by atoms with Crippen molar-refractivity contribution in [1.82, 2.24) is 4.90 Å². The van der Waals surface area contributed by atoms with Crippen LogP contribution in [-0.2, 0) is 4.79 Å². The van der Waals surface area contributed by atoms with Crippen molar-refractivity contribution in [2.75, 3.05) is 20.8 Å². The van der Waals surface area contributed by atoms with Gasteiger partial charge in [-0.1, -0.05) is 0 Å². The van der Waals surface area contributed by atoms with E-state index in [9.17, 15) is 9.59 Å². The molecular weight excluding hydrogens is 298 g/mol. The minimum absolute atomic E-state index is 0.0387. The monoisotopic (exact) mass is 321 g/mol. The zero-order chi connectivity index (χ0) is 16.8. The molecule has 0 bridgehead atoms. The molecule has 1 amide bonds. The average molecular weight is 321 g/mol. The van der Waals surface area contributed by atoms with Gasteiger partial charge in [0, 0.05) is 19.0 Å². The standard InChI is InChI=1S/C17H23NO5/c1-22-13-7-8-15(23-2)14(11-13)17(21)18-10-4-3-5-12(18)6-9-16(19)20/h7-8,11-12H,3-6,9-10H2,1-2H3,(H,19,20). The summed E-state index contributed by atoms with van der Waals surface area (Å²) in [6.07, 6.45) is 3.34. The number of carbonyl (C=O) groups excluding carboxylic acids is 1. The van der Waals surface area contributed by atoms with Crippen LogP contribution >= 0.6 is 0 Å². The second-order valence-electron chi connectivity index (χ2n) is 5.65. The van der Waals surface area contributed by atoms with Gasteiger partial charge in [0.05, 0.1) is 19.8 Å². The fraction of sp³-hybridized carbons (Fsp3) is 0.529. The molecule has 1 unspecified atom stereocenters. The van der Waals surface area contributed by atoms with Gasteiger partial charge in [-0.3, -0.25) is 9.59 Å². The number of aliphatic carboxylic acids is 1. The lowest BCUT2D eigenvalue weighted by Gasteiger charge is -2.36. The quantitative estimate of drug-likeness (QED) is 0.871. The number of nitrogens with zero attached hydrogens (tertiary/aromatic N) is 1. The molecule has 1 saturated heterocycles. The first-order chi connectivity index (χ1) is 11.1. The Hall–Kier alpha value is -2.24. The van der Waals surface area contributed by atoms with Gasteiger partial charge < -0.3 is 19.5 Å². The van der Waals surface area contributed by atoms with Gasteiger partial charge in [0.1, 0.15) is 11.5 Å². The molecular formula is C17H23NO5. The van der Waals surface area contributed by atoms with Crippen molar-refractivity contribution in [3.05, 3.63) is 23.8 Å². The van der Waals surface area contributed by atoms with Crippen molar-refractivity contribution < 1.29 is 24.2 Å². The zero-order valence-corrected chi connectivity index (χ0v) is 13.6. The molecule has 1 aliphatic rings. The van der Waals surface area contributed by atoms with E-state index < -0.39 is 5.97 Å². The van der Waals surface area contributed by atoms with E-state index >= 15 is 0 Å². The van der Waals surface area contributed by atoms with E-state index in [4.69, 9.17) is 14.6 Å². The van der Waals surface area contributed by atoms with Crippen LogP contribution in [0, 0.1) is 0 Å². The van der Waals surface area contributed by atoms with Crippen molar-refractivity contribution in [1.29, 1.82) is 0 Å². The van der Waals surface area contributed by atoms with Crippen molar-refractivity contribution in [2.24, 2.45) is 0 Å². The van der Waals surface area contributed by atoms with Crippen molar-refractivity contribution in [2.45, 2.75) is 38.1 Å². The molecule has 126 valence electrons. The Bertz CT molecular complexity index is 572. The fourth-order valence-electron chi connectivity index (χ4n) is 2.99. The molecule has 1 aromatic carbocycles. The summed E-state index contributed by atoms with van der Waals surface area (Å²) >= 11 is 0. The van der Waals surface area contributed by atoms with E-state index in [1.807, 2.05) is 0 Å². The molecule has 1 N–H and O–H groups in total. The molecule has 1 fully saturated rings. The first kappa shape index (κ1) is 17.1. The minimum Gasteiger partial charge on any atom is -0.497 e. The van der Waals surface area contributed by atoms with Crippen LogP contribution in [0.25, 0.3) is 0 Å². The fourth-order valence-corrected chi connectivity index (χ4v) is 2.99. The first-order valence-electron chi connectivity index (χ1n) is 7.81. The number of ether oxygens (including phenoxy) is 2. The maximum absolute atomic E-state index is 12.9. The number of carboxylic acids is 1. The van der Waals surface area contributed by atoms with Crippen LogP contribution in [0.2, 0.25) is 0 Å². The highest BCUT2D eigenvalue weighted by Gasteiger charge is 2.29. The third-order valence-corrected chi connectivity index (χ3v) is 4.22. The van der Waals surface area contributed by atoms with Crippen LogP contribution in [0.15, 0.2) is 18.2 Å². The van der Waals surface area contributed by atoms with Crippen LogP contribution in [0.3, 0.4) is 0 Å². The lowest BCUT2D eigenvalue weighted by molar-refractivity contribution is -0.137. The maximum Gasteiger partial charge on any atom is 0.303 e. The molecule has 1 aliphatic heterocycles. The van der Waals surface area contributed by atoms with Crippen LogP contribution in [0.1, 0.15) is 42.5 Å². The van der Waals surface area contributed by atoms with E-state index in [-0.39, 0.29) is 18.4 Å². The number of hydrogen-bond donors (Lipinski definition) is 1.